The molecule has 0 aliphatic heterocycles. The molecule has 0 radical (unpaired) electrons. The Balaban J connectivity index is 4.18. The average Bonchev–Trinajstić information content (AvgIpc) is 2.05. The van der Waals surface area contributed by atoms with E-state index in [-0.39, 0.29) is 0 Å². The van der Waals surface area contributed by atoms with Gasteiger partial charge in [0.25, 0.3) is 0 Å². The first-order valence-corrected chi connectivity index (χ1v) is 5.31. The number of allylic oxidation sites excluding steroid dienone is 2. The Kier molecular flexibility index (Phi) is 6.14. The molecule has 0 aromatic carbocycles. The van der Waals surface area contributed by atoms with Gasteiger partial charge in [-0.05, 0) is 32.1 Å². The summed E-state index contributed by atoms with van der Waals surface area (Å²) in [6, 6.07) is 0. The number of hydrogen-bond donors (Lipinski definition) is 0. The zero-order valence-electron chi connectivity index (χ0n) is 9.41. The summed E-state index contributed by atoms with van der Waals surface area (Å²) in [7, 11) is 0. The third-order valence-corrected chi connectivity index (χ3v) is 2.68. The molecule has 72 valence electrons. The van der Waals surface area contributed by atoms with Crippen molar-refractivity contribution in [3.05, 3.63) is 11.1 Å². The zero-order chi connectivity index (χ0) is 9.56. The lowest BCUT2D eigenvalue weighted by atomic mass is 9.94. The molecule has 0 nitrogen and oxygen atoms in total. The SMILES string of the molecule is CCCCC(CC)=C(C)C(C)C. The van der Waals surface area contributed by atoms with E-state index >= 15 is 0 Å². The highest BCUT2D eigenvalue weighted by Crippen LogP contribution is 2.21. The molecule has 0 heterocycles. The lowest BCUT2D eigenvalue weighted by molar-refractivity contribution is 0.702. The van der Waals surface area contributed by atoms with Gasteiger partial charge in [-0.25, -0.2) is 0 Å². The molecule has 0 spiro atoms. The monoisotopic (exact) mass is 168 g/mol. The molecule has 0 N–H and O–H groups in total. The molecule has 0 atom stereocenters. The van der Waals surface area contributed by atoms with Crippen LogP contribution in [-0.2, 0) is 0 Å². The Morgan fingerprint density at radius 2 is 1.75 bits per heavy atom. The van der Waals surface area contributed by atoms with Gasteiger partial charge in [0, 0.05) is 0 Å². The van der Waals surface area contributed by atoms with Crippen molar-refractivity contribution in [2.75, 3.05) is 0 Å². The first-order valence-electron chi connectivity index (χ1n) is 5.31. The van der Waals surface area contributed by atoms with Crippen LogP contribution >= 0.6 is 0 Å². The van der Waals surface area contributed by atoms with Crippen LogP contribution in [0.5, 0.6) is 0 Å². The molecule has 0 heteroatoms. The molecule has 0 bridgehead atoms. The number of unbranched alkanes of at least 4 members (excludes halogenated alkanes) is 1. The minimum atomic E-state index is 0.733. The van der Waals surface area contributed by atoms with Gasteiger partial charge in [-0.3, -0.25) is 0 Å². The maximum atomic E-state index is 2.29. The summed E-state index contributed by atoms with van der Waals surface area (Å²) in [5.41, 5.74) is 3.30. The van der Waals surface area contributed by atoms with E-state index in [1.807, 2.05) is 0 Å². The Morgan fingerprint density at radius 1 is 1.17 bits per heavy atom. The normalized spacial score (nSPS) is 13.5. The van der Waals surface area contributed by atoms with Gasteiger partial charge in [0.2, 0.25) is 0 Å². The van der Waals surface area contributed by atoms with Crippen molar-refractivity contribution in [3.8, 4) is 0 Å². The average molecular weight is 168 g/mol. The first kappa shape index (κ1) is 11.7. The smallest absolute Gasteiger partial charge is 0.0260 e. The maximum Gasteiger partial charge on any atom is -0.0260 e. The maximum absolute atomic E-state index is 2.29. The van der Waals surface area contributed by atoms with Crippen molar-refractivity contribution >= 4 is 0 Å². The lowest BCUT2D eigenvalue weighted by Crippen LogP contribution is -1.95. The summed E-state index contributed by atoms with van der Waals surface area (Å²) >= 11 is 0. The van der Waals surface area contributed by atoms with Gasteiger partial charge in [-0.1, -0.05) is 45.3 Å². The lowest BCUT2D eigenvalue weighted by Gasteiger charge is -2.13. The largest absolute Gasteiger partial charge is 0.0716 e. The number of rotatable bonds is 5. The zero-order valence-corrected chi connectivity index (χ0v) is 9.41. The van der Waals surface area contributed by atoms with E-state index in [9.17, 15) is 0 Å². The van der Waals surface area contributed by atoms with Gasteiger partial charge >= 0.3 is 0 Å². The third-order valence-electron chi connectivity index (χ3n) is 2.68. The van der Waals surface area contributed by atoms with E-state index in [4.69, 9.17) is 0 Å². The minimum absolute atomic E-state index is 0.733. The van der Waals surface area contributed by atoms with Crippen LogP contribution in [0.3, 0.4) is 0 Å². The van der Waals surface area contributed by atoms with Crippen LogP contribution < -0.4 is 0 Å². The van der Waals surface area contributed by atoms with Crippen molar-refractivity contribution in [3.63, 3.8) is 0 Å². The van der Waals surface area contributed by atoms with Crippen LogP contribution in [0, 0.1) is 5.92 Å². The van der Waals surface area contributed by atoms with E-state index in [2.05, 4.69) is 34.6 Å². The standard InChI is InChI=1S/C12H24/c1-6-8-9-12(7-2)11(5)10(3)4/h10H,6-9H2,1-5H3. The van der Waals surface area contributed by atoms with Crippen molar-refractivity contribution in [2.24, 2.45) is 5.92 Å². The molecule has 12 heavy (non-hydrogen) atoms. The molecule has 0 aromatic rings. The van der Waals surface area contributed by atoms with E-state index in [0.29, 0.717) is 0 Å². The van der Waals surface area contributed by atoms with Crippen LogP contribution in [0.15, 0.2) is 11.1 Å². The quantitative estimate of drug-likeness (QED) is 0.528. The Hall–Kier alpha value is -0.260. The van der Waals surface area contributed by atoms with Gasteiger partial charge in [0.15, 0.2) is 0 Å². The van der Waals surface area contributed by atoms with E-state index in [1.54, 1.807) is 11.1 Å². The topological polar surface area (TPSA) is 0 Å². The van der Waals surface area contributed by atoms with Crippen molar-refractivity contribution in [1.82, 2.24) is 0 Å². The third kappa shape index (κ3) is 3.94. The Labute approximate surface area is 78.1 Å². The van der Waals surface area contributed by atoms with Crippen LogP contribution in [0.2, 0.25) is 0 Å². The van der Waals surface area contributed by atoms with Crippen LogP contribution in [0.1, 0.15) is 60.3 Å². The van der Waals surface area contributed by atoms with Crippen molar-refractivity contribution in [2.45, 2.75) is 60.3 Å². The number of hydrogen-bond acceptors (Lipinski definition) is 0. The van der Waals surface area contributed by atoms with E-state index in [1.165, 1.54) is 25.7 Å². The summed E-state index contributed by atoms with van der Waals surface area (Å²) in [4.78, 5) is 0. The van der Waals surface area contributed by atoms with Gasteiger partial charge < -0.3 is 0 Å². The molecule has 0 aliphatic carbocycles. The Bertz CT molecular complexity index is 140. The molecule has 0 aromatic heterocycles. The Morgan fingerprint density at radius 3 is 2.08 bits per heavy atom. The van der Waals surface area contributed by atoms with E-state index in [0.717, 1.165) is 5.92 Å². The van der Waals surface area contributed by atoms with Gasteiger partial charge in [0.1, 0.15) is 0 Å². The predicted octanol–water partition coefficient (Wildman–Crippen LogP) is 4.56. The van der Waals surface area contributed by atoms with Crippen LogP contribution in [0.4, 0.5) is 0 Å². The molecule has 0 aliphatic rings. The molecule has 0 fully saturated rings. The summed E-state index contributed by atoms with van der Waals surface area (Å²) in [5, 5.41) is 0. The highest BCUT2D eigenvalue weighted by Gasteiger charge is 2.03. The molecule has 0 saturated heterocycles. The second kappa shape index (κ2) is 6.28. The highest BCUT2D eigenvalue weighted by atomic mass is 14.1. The fourth-order valence-corrected chi connectivity index (χ4v) is 1.45. The molecular weight excluding hydrogens is 144 g/mol. The molecule has 0 saturated carbocycles. The molecule has 0 rings (SSSR count). The fourth-order valence-electron chi connectivity index (χ4n) is 1.45. The first-order chi connectivity index (χ1) is 5.63. The van der Waals surface area contributed by atoms with Crippen molar-refractivity contribution < 1.29 is 0 Å². The van der Waals surface area contributed by atoms with Crippen LogP contribution in [-0.4, -0.2) is 0 Å². The molecular formula is C12H24. The van der Waals surface area contributed by atoms with Crippen molar-refractivity contribution in [1.29, 1.82) is 0 Å². The second-order valence-corrected chi connectivity index (χ2v) is 3.90. The van der Waals surface area contributed by atoms with E-state index < -0.39 is 0 Å². The summed E-state index contributed by atoms with van der Waals surface area (Å²) < 4.78 is 0. The van der Waals surface area contributed by atoms with Crippen LogP contribution in [0.25, 0.3) is 0 Å². The fraction of sp³-hybridized carbons (Fsp3) is 0.833. The summed E-state index contributed by atoms with van der Waals surface area (Å²) in [6.07, 6.45) is 5.23. The second-order valence-electron chi connectivity index (χ2n) is 3.90. The minimum Gasteiger partial charge on any atom is -0.0716 e. The highest BCUT2D eigenvalue weighted by molar-refractivity contribution is 5.13. The van der Waals surface area contributed by atoms with Gasteiger partial charge in [0.05, 0.1) is 0 Å². The van der Waals surface area contributed by atoms with Gasteiger partial charge in [-0.2, -0.15) is 0 Å². The predicted molar refractivity (Wildman–Crippen MR) is 57.4 cm³/mol. The molecule has 0 unspecified atom stereocenters. The van der Waals surface area contributed by atoms with Gasteiger partial charge in [-0.15, -0.1) is 0 Å². The summed E-state index contributed by atoms with van der Waals surface area (Å²) in [5.74, 6) is 0.733. The molecule has 0 amide bonds. The summed E-state index contributed by atoms with van der Waals surface area (Å²) in [6.45, 7) is 11.4.